The Labute approximate surface area is 163 Å². The summed E-state index contributed by atoms with van der Waals surface area (Å²) in [6.45, 7) is -0.601. The fraction of sp³-hybridized carbons (Fsp3) is 0.150. The molecule has 0 aliphatic carbocycles. The van der Waals surface area contributed by atoms with E-state index in [9.17, 15) is 18.4 Å². The Bertz CT molecular complexity index is 1130. The Kier molecular flexibility index (Phi) is 4.94. The van der Waals surface area contributed by atoms with Gasteiger partial charge in [-0.3, -0.25) is 9.59 Å². The first-order chi connectivity index (χ1) is 14.0. The molecule has 0 bridgehead atoms. The summed E-state index contributed by atoms with van der Waals surface area (Å²) in [5.74, 6) is -0.950. The van der Waals surface area contributed by atoms with Crippen molar-refractivity contribution in [1.82, 2.24) is 15.1 Å². The molecule has 0 saturated heterocycles. The first-order valence-electron chi connectivity index (χ1n) is 8.69. The first kappa shape index (κ1) is 18.6. The normalized spacial score (nSPS) is 12.1. The number of hydrogen-bond acceptors (Lipinski definition) is 5. The van der Waals surface area contributed by atoms with Gasteiger partial charge in [0.2, 0.25) is 12.7 Å². The van der Waals surface area contributed by atoms with Crippen LogP contribution in [-0.4, -0.2) is 22.5 Å². The van der Waals surface area contributed by atoms with Gasteiger partial charge < -0.3 is 14.8 Å². The quantitative estimate of drug-likeness (QED) is 0.712. The van der Waals surface area contributed by atoms with Crippen LogP contribution in [0.5, 0.6) is 11.5 Å². The predicted octanol–water partition coefficient (Wildman–Crippen LogP) is 2.23. The molecule has 0 radical (unpaired) electrons. The van der Waals surface area contributed by atoms with Crippen LogP contribution in [0.25, 0.3) is 11.3 Å². The third kappa shape index (κ3) is 3.93. The lowest BCUT2D eigenvalue weighted by atomic mass is 10.1. The average Bonchev–Trinajstić information content (AvgIpc) is 3.17. The molecule has 1 N–H and O–H groups in total. The number of amides is 1. The van der Waals surface area contributed by atoms with E-state index in [0.29, 0.717) is 22.8 Å². The van der Waals surface area contributed by atoms with Crippen molar-refractivity contribution in [3.8, 4) is 22.8 Å². The lowest BCUT2D eigenvalue weighted by Crippen LogP contribution is -2.33. The standard InChI is InChI=1S/C20H15F2N3O4/c21-14-2-1-3-15(22)13(14)9-23-19(26)10-25-20(27)7-5-16(24-25)12-4-6-17-18(8-12)29-11-28-17/h1-8H,9-11H2,(H,23,26). The molecule has 0 spiro atoms. The van der Waals surface area contributed by atoms with Crippen molar-refractivity contribution in [3.05, 3.63) is 76.1 Å². The molecule has 1 aromatic heterocycles. The summed E-state index contributed by atoms with van der Waals surface area (Å²) in [5.41, 5.74) is 0.393. The Morgan fingerprint density at radius 2 is 1.83 bits per heavy atom. The Hall–Kier alpha value is -3.75. The largest absolute Gasteiger partial charge is 0.454 e. The number of fused-ring (bicyclic) bond motifs is 1. The Morgan fingerprint density at radius 1 is 1.07 bits per heavy atom. The summed E-state index contributed by atoms with van der Waals surface area (Å²) >= 11 is 0. The molecule has 29 heavy (non-hydrogen) atoms. The molecule has 1 aliphatic rings. The third-order valence-corrected chi connectivity index (χ3v) is 4.35. The zero-order valence-electron chi connectivity index (χ0n) is 15.0. The summed E-state index contributed by atoms with van der Waals surface area (Å²) in [5, 5.41) is 6.59. The van der Waals surface area contributed by atoms with E-state index in [0.717, 1.165) is 16.8 Å². The summed E-state index contributed by atoms with van der Waals surface area (Å²) in [7, 11) is 0. The molecule has 0 fully saturated rings. The third-order valence-electron chi connectivity index (χ3n) is 4.35. The fourth-order valence-electron chi connectivity index (χ4n) is 2.85. The SMILES string of the molecule is O=C(Cn1nc(-c2ccc3c(c2)OCO3)ccc1=O)NCc1c(F)cccc1F. The van der Waals surface area contributed by atoms with E-state index in [-0.39, 0.29) is 18.9 Å². The molecule has 0 saturated carbocycles. The molecule has 0 unspecified atom stereocenters. The molecular formula is C20H15F2N3O4. The van der Waals surface area contributed by atoms with Crippen molar-refractivity contribution in [1.29, 1.82) is 0 Å². The second-order valence-electron chi connectivity index (χ2n) is 6.26. The smallest absolute Gasteiger partial charge is 0.267 e. The minimum absolute atomic E-state index is 0.133. The lowest BCUT2D eigenvalue weighted by molar-refractivity contribution is -0.122. The highest BCUT2D eigenvalue weighted by Gasteiger charge is 2.16. The number of benzene rings is 2. The highest BCUT2D eigenvalue weighted by Crippen LogP contribution is 2.35. The molecule has 3 aromatic rings. The van der Waals surface area contributed by atoms with E-state index in [2.05, 4.69) is 10.4 Å². The summed E-state index contributed by atoms with van der Waals surface area (Å²) in [6.07, 6.45) is 0. The van der Waals surface area contributed by atoms with Crippen molar-refractivity contribution in [2.45, 2.75) is 13.1 Å². The fourth-order valence-corrected chi connectivity index (χ4v) is 2.85. The van der Waals surface area contributed by atoms with E-state index in [1.54, 1.807) is 18.2 Å². The van der Waals surface area contributed by atoms with Crippen LogP contribution in [0.1, 0.15) is 5.56 Å². The number of halogens is 2. The van der Waals surface area contributed by atoms with Gasteiger partial charge in [0.05, 0.1) is 5.69 Å². The summed E-state index contributed by atoms with van der Waals surface area (Å²) in [6, 6.07) is 11.5. The molecule has 4 rings (SSSR count). The van der Waals surface area contributed by atoms with Crippen molar-refractivity contribution in [3.63, 3.8) is 0 Å². The first-order valence-corrected chi connectivity index (χ1v) is 8.69. The second kappa shape index (κ2) is 7.70. The zero-order valence-corrected chi connectivity index (χ0v) is 15.0. The van der Waals surface area contributed by atoms with Gasteiger partial charge in [0.15, 0.2) is 11.5 Å². The van der Waals surface area contributed by atoms with E-state index < -0.39 is 29.6 Å². The second-order valence-corrected chi connectivity index (χ2v) is 6.26. The number of hydrogen-bond donors (Lipinski definition) is 1. The molecule has 2 heterocycles. The highest BCUT2D eigenvalue weighted by molar-refractivity contribution is 5.75. The minimum atomic E-state index is -0.759. The number of carbonyl (C=O) groups is 1. The number of rotatable bonds is 5. The molecule has 0 atom stereocenters. The summed E-state index contributed by atoms with van der Waals surface area (Å²) < 4.78 is 38.9. The molecule has 7 nitrogen and oxygen atoms in total. The zero-order chi connectivity index (χ0) is 20.4. The number of ether oxygens (including phenoxy) is 2. The van der Waals surface area contributed by atoms with Gasteiger partial charge in [-0.05, 0) is 36.4 Å². The van der Waals surface area contributed by atoms with E-state index in [1.807, 2.05) is 0 Å². The van der Waals surface area contributed by atoms with Crippen LogP contribution in [0.3, 0.4) is 0 Å². The van der Waals surface area contributed by atoms with Gasteiger partial charge in [-0.2, -0.15) is 5.10 Å². The predicted molar refractivity (Wildman–Crippen MR) is 98.3 cm³/mol. The van der Waals surface area contributed by atoms with Crippen LogP contribution < -0.4 is 20.3 Å². The van der Waals surface area contributed by atoms with E-state index >= 15 is 0 Å². The van der Waals surface area contributed by atoms with Gasteiger partial charge in [-0.25, -0.2) is 13.5 Å². The number of carbonyl (C=O) groups excluding carboxylic acids is 1. The van der Waals surface area contributed by atoms with Gasteiger partial charge in [-0.15, -0.1) is 0 Å². The van der Waals surface area contributed by atoms with Crippen LogP contribution in [0, 0.1) is 11.6 Å². The van der Waals surface area contributed by atoms with Crippen LogP contribution in [0.4, 0.5) is 8.78 Å². The van der Waals surface area contributed by atoms with E-state index in [4.69, 9.17) is 9.47 Å². The van der Waals surface area contributed by atoms with Crippen molar-refractivity contribution < 1.29 is 23.0 Å². The van der Waals surface area contributed by atoms with Gasteiger partial charge >= 0.3 is 0 Å². The molecular weight excluding hydrogens is 384 g/mol. The molecule has 1 amide bonds. The van der Waals surface area contributed by atoms with Gasteiger partial charge in [0, 0.05) is 23.7 Å². The Morgan fingerprint density at radius 3 is 2.62 bits per heavy atom. The molecule has 2 aromatic carbocycles. The minimum Gasteiger partial charge on any atom is -0.454 e. The maximum absolute atomic E-state index is 13.6. The average molecular weight is 399 g/mol. The topological polar surface area (TPSA) is 82.5 Å². The maximum Gasteiger partial charge on any atom is 0.267 e. The van der Waals surface area contributed by atoms with Gasteiger partial charge in [0.1, 0.15) is 18.2 Å². The maximum atomic E-state index is 13.6. The van der Waals surface area contributed by atoms with Gasteiger partial charge in [0.25, 0.3) is 5.56 Å². The Balaban J connectivity index is 1.49. The molecule has 148 valence electrons. The van der Waals surface area contributed by atoms with E-state index in [1.165, 1.54) is 18.2 Å². The summed E-state index contributed by atoms with van der Waals surface area (Å²) in [4.78, 5) is 24.2. The number of nitrogens with zero attached hydrogens (tertiary/aromatic N) is 2. The van der Waals surface area contributed by atoms with Crippen molar-refractivity contribution in [2.24, 2.45) is 0 Å². The molecule has 1 aliphatic heterocycles. The highest BCUT2D eigenvalue weighted by atomic mass is 19.1. The molecule has 9 heteroatoms. The lowest BCUT2D eigenvalue weighted by Gasteiger charge is -2.09. The van der Waals surface area contributed by atoms with Crippen LogP contribution in [-0.2, 0) is 17.9 Å². The van der Waals surface area contributed by atoms with Crippen LogP contribution >= 0.6 is 0 Å². The monoisotopic (exact) mass is 399 g/mol. The van der Waals surface area contributed by atoms with Crippen LogP contribution in [0.15, 0.2) is 53.3 Å². The number of aromatic nitrogens is 2. The number of nitrogens with one attached hydrogen (secondary N) is 1. The van der Waals surface area contributed by atoms with Crippen molar-refractivity contribution >= 4 is 5.91 Å². The van der Waals surface area contributed by atoms with Crippen LogP contribution in [0.2, 0.25) is 0 Å². The van der Waals surface area contributed by atoms with Gasteiger partial charge in [-0.1, -0.05) is 6.07 Å². The van der Waals surface area contributed by atoms with Crippen molar-refractivity contribution in [2.75, 3.05) is 6.79 Å².